The van der Waals surface area contributed by atoms with Crippen LogP contribution in [-0.2, 0) is 12.8 Å². The molecule has 0 spiro atoms. The van der Waals surface area contributed by atoms with Crippen molar-refractivity contribution in [2.45, 2.75) is 39.0 Å². The normalized spacial score (nSPS) is 13.9. The Bertz CT molecular complexity index is 336. The maximum absolute atomic E-state index is 12.4. The van der Waals surface area contributed by atoms with Gasteiger partial charge >= 0.3 is 6.18 Å². The zero-order valence-corrected chi connectivity index (χ0v) is 9.30. The van der Waals surface area contributed by atoms with Crippen LogP contribution in [0.25, 0.3) is 0 Å². The predicted octanol–water partition coefficient (Wildman–Crippen LogP) is 3.41. The molecule has 1 aromatic carbocycles. The van der Waals surface area contributed by atoms with Crippen molar-refractivity contribution in [2.75, 3.05) is 0 Å². The molecular formula is C12H15F3O. The van der Waals surface area contributed by atoms with Crippen LogP contribution >= 0.6 is 0 Å². The molecule has 0 heterocycles. The highest BCUT2D eigenvalue weighted by Crippen LogP contribution is 2.33. The third-order valence-electron chi connectivity index (χ3n) is 2.52. The van der Waals surface area contributed by atoms with Crippen LogP contribution in [-0.4, -0.2) is 11.3 Å². The Hall–Kier alpha value is -1.03. The van der Waals surface area contributed by atoms with E-state index in [0.717, 1.165) is 11.1 Å². The minimum atomic E-state index is -4.60. The molecule has 0 saturated heterocycles. The van der Waals surface area contributed by atoms with Crippen molar-refractivity contribution in [2.24, 2.45) is 0 Å². The third kappa shape index (κ3) is 2.98. The van der Waals surface area contributed by atoms with Gasteiger partial charge in [0.1, 0.15) is 0 Å². The molecule has 0 saturated carbocycles. The van der Waals surface area contributed by atoms with Crippen LogP contribution in [0.15, 0.2) is 18.2 Å². The third-order valence-corrected chi connectivity index (χ3v) is 2.52. The summed E-state index contributed by atoms with van der Waals surface area (Å²) >= 11 is 0. The number of hydrogen-bond acceptors (Lipinski definition) is 1. The number of alkyl halides is 3. The van der Waals surface area contributed by atoms with Gasteiger partial charge in [0.25, 0.3) is 0 Å². The molecule has 0 amide bonds. The molecule has 0 bridgehead atoms. The van der Waals surface area contributed by atoms with Crippen LogP contribution in [0.1, 0.15) is 36.6 Å². The van der Waals surface area contributed by atoms with Crippen molar-refractivity contribution < 1.29 is 18.3 Å². The van der Waals surface area contributed by atoms with Gasteiger partial charge in [-0.1, -0.05) is 32.0 Å². The molecule has 1 nitrogen and oxygen atoms in total. The first-order chi connectivity index (χ1) is 7.38. The topological polar surface area (TPSA) is 20.2 Å². The highest BCUT2D eigenvalue weighted by Gasteiger charge is 2.39. The van der Waals surface area contributed by atoms with Crippen molar-refractivity contribution >= 4 is 0 Å². The Morgan fingerprint density at radius 1 is 1.06 bits per heavy atom. The van der Waals surface area contributed by atoms with Crippen LogP contribution in [0.4, 0.5) is 13.2 Å². The molecule has 90 valence electrons. The van der Waals surface area contributed by atoms with E-state index in [9.17, 15) is 18.3 Å². The highest BCUT2D eigenvalue weighted by molar-refractivity contribution is 5.32. The molecule has 16 heavy (non-hydrogen) atoms. The SMILES string of the molecule is CCc1cc(CC)cc(C(O)C(F)(F)F)c1. The second-order valence-electron chi connectivity index (χ2n) is 3.73. The maximum atomic E-state index is 12.4. The molecule has 4 heteroatoms. The fourth-order valence-electron chi connectivity index (χ4n) is 1.55. The van der Waals surface area contributed by atoms with E-state index in [1.54, 1.807) is 0 Å². The molecule has 1 atom stereocenters. The maximum Gasteiger partial charge on any atom is 0.418 e. The van der Waals surface area contributed by atoms with Gasteiger partial charge < -0.3 is 5.11 Å². The largest absolute Gasteiger partial charge is 0.418 e. The minimum Gasteiger partial charge on any atom is -0.379 e. The van der Waals surface area contributed by atoms with Gasteiger partial charge in [0.2, 0.25) is 0 Å². The molecule has 1 unspecified atom stereocenters. The van der Waals surface area contributed by atoms with Crippen molar-refractivity contribution in [3.8, 4) is 0 Å². The Balaban J connectivity index is 3.13. The molecule has 0 aromatic heterocycles. The Labute approximate surface area is 92.9 Å². The summed E-state index contributed by atoms with van der Waals surface area (Å²) in [5.41, 5.74) is 1.57. The molecule has 1 rings (SSSR count). The predicted molar refractivity (Wildman–Crippen MR) is 56.2 cm³/mol. The molecule has 1 aromatic rings. The van der Waals surface area contributed by atoms with Gasteiger partial charge in [-0.15, -0.1) is 0 Å². The first-order valence-electron chi connectivity index (χ1n) is 5.26. The first-order valence-corrected chi connectivity index (χ1v) is 5.26. The second-order valence-corrected chi connectivity index (χ2v) is 3.73. The van der Waals surface area contributed by atoms with E-state index < -0.39 is 12.3 Å². The summed E-state index contributed by atoms with van der Waals surface area (Å²) in [6.45, 7) is 3.75. The van der Waals surface area contributed by atoms with E-state index in [2.05, 4.69) is 0 Å². The molecule has 0 aliphatic rings. The lowest BCUT2D eigenvalue weighted by Crippen LogP contribution is -2.20. The fourth-order valence-corrected chi connectivity index (χ4v) is 1.55. The number of halogens is 3. The summed E-state index contributed by atoms with van der Waals surface area (Å²) in [6.07, 6.45) is -5.67. The van der Waals surface area contributed by atoms with Crippen molar-refractivity contribution in [3.05, 3.63) is 34.9 Å². The Morgan fingerprint density at radius 2 is 1.50 bits per heavy atom. The molecule has 0 aliphatic heterocycles. The van der Waals surface area contributed by atoms with Gasteiger partial charge in [0.15, 0.2) is 6.10 Å². The molecular weight excluding hydrogens is 217 g/mol. The minimum absolute atomic E-state index is 0.0660. The summed E-state index contributed by atoms with van der Waals surface area (Å²) in [5, 5.41) is 9.17. The second kappa shape index (κ2) is 4.87. The summed E-state index contributed by atoms with van der Waals surface area (Å²) in [6, 6.07) is 4.70. The van der Waals surface area contributed by atoms with Crippen molar-refractivity contribution in [1.29, 1.82) is 0 Å². The number of aliphatic hydroxyl groups is 1. The number of aryl methyl sites for hydroxylation is 2. The van der Waals surface area contributed by atoms with Crippen molar-refractivity contribution in [1.82, 2.24) is 0 Å². The standard InChI is InChI=1S/C12H15F3O/c1-3-8-5-9(4-2)7-10(6-8)11(16)12(13,14)15/h5-7,11,16H,3-4H2,1-2H3. The number of aliphatic hydroxyl groups excluding tert-OH is 1. The lowest BCUT2D eigenvalue weighted by Gasteiger charge is -2.16. The van der Waals surface area contributed by atoms with Gasteiger partial charge in [0.05, 0.1) is 0 Å². The summed E-state index contributed by atoms with van der Waals surface area (Å²) in [5.74, 6) is 0. The highest BCUT2D eigenvalue weighted by atomic mass is 19.4. The van der Waals surface area contributed by atoms with Crippen LogP contribution < -0.4 is 0 Å². The molecule has 0 radical (unpaired) electrons. The summed E-state index contributed by atoms with van der Waals surface area (Å²) in [4.78, 5) is 0. The van der Waals surface area contributed by atoms with Gasteiger partial charge in [-0.05, 0) is 29.5 Å². The summed E-state index contributed by atoms with van der Waals surface area (Å²) < 4.78 is 37.1. The van der Waals surface area contributed by atoms with E-state index in [0.29, 0.717) is 12.8 Å². The van der Waals surface area contributed by atoms with Crippen molar-refractivity contribution in [3.63, 3.8) is 0 Å². The van der Waals surface area contributed by atoms with Crippen LogP contribution in [0.3, 0.4) is 0 Å². The van der Waals surface area contributed by atoms with Gasteiger partial charge in [-0.2, -0.15) is 13.2 Å². The average molecular weight is 232 g/mol. The van der Waals surface area contributed by atoms with E-state index >= 15 is 0 Å². The quantitative estimate of drug-likeness (QED) is 0.846. The van der Waals surface area contributed by atoms with Gasteiger partial charge in [0, 0.05) is 0 Å². The lowest BCUT2D eigenvalue weighted by molar-refractivity contribution is -0.206. The van der Waals surface area contributed by atoms with Crippen LogP contribution in [0.2, 0.25) is 0 Å². The zero-order valence-electron chi connectivity index (χ0n) is 9.30. The zero-order chi connectivity index (χ0) is 12.3. The van der Waals surface area contributed by atoms with E-state index in [1.165, 1.54) is 12.1 Å². The van der Waals surface area contributed by atoms with Crippen LogP contribution in [0, 0.1) is 0 Å². The van der Waals surface area contributed by atoms with Gasteiger partial charge in [-0.25, -0.2) is 0 Å². The van der Waals surface area contributed by atoms with E-state index in [-0.39, 0.29) is 5.56 Å². The number of hydrogen-bond donors (Lipinski definition) is 1. The lowest BCUT2D eigenvalue weighted by atomic mass is 9.99. The fraction of sp³-hybridized carbons (Fsp3) is 0.500. The van der Waals surface area contributed by atoms with E-state index in [4.69, 9.17) is 0 Å². The molecule has 0 fully saturated rings. The first kappa shape index (κ1) is 13.0. The summed E-state index contributed by atoms with van der Waals surface area (Å²) in [7, 11) is 0. The average Bonchev–Trinajstić information content (AvgIpc) is 2.26. The number of rotatable bonds is 3. The Morgan fingerprint density at radius 3 is 1.81 bits per heavy atom. The number of benzene rings is 1. The van der Waals surface area contributed by atoms with Crippen LogP contribution in [0.5, 0.6) is 0 Å². The Kier molecular flexibility index (Phi) is 3.97. The van der Waals surface area contributed by atoms with Gasteiger partial charge in [-0.3, -0.25) is 0 Å². The van der Waals surface area contributed by atoms with E-state index in [1.807, 2.05) is 19.9 Å². The monoisotopic (exact) mass is 232 g/mol. The smallest absolute Gasteiger partial charge is 0.379 e. The molecule has 1 N–H and O–H groups in total. The molecule has 0 aliphatic carbocycles.